The number of aryl methyl sites for hydroxylation is 1. The van der Waals surface area contributed by atoms with Gasteiger partial charge >= 0.3 is 12.1 Å². The van der Waals surface area contributed by atoms with Gasteiger partial charge in [-0.1, -0.05) is 13.0 Å². The first-order valence-corrected chi connectivity index (χ1v) is 9.01. The number of amides is 2. The number of alkyl halides is 6. The summed E-state index contributed by atoms with van der Waals surface area (Å²) in [6, 6.07) is 8.59. The predicted molar refractivity (Wildman–Crippen MR) is 98.8 cm³/mol. The highest BCUT2D eigenvalue weighted by molar-refractivity contribution is 6.28. The number of rotatable bonds is 6. The molecule has 0 saturated carbocycles. The fraction of sp³-hybridized carbons (Fsp3) is 0.238. The van der Waals surface area contributed by atoms with E-state index in [9.17, 15) is 35.9 Å². The van der Waals surface area contributed by atoms with Crippen molar-refractivity contribution in [1.29, 1.82) is 0 Å². The van der Waals surface area contributed by atoms with Gasteiger partial charge in [-0.3, -0.25) is 9.59 Å². The van der Waals surface area contributed by atoms with Crippen LogP contribution in [0.25, 0.3) is 0 Å². The first-order chi connectivity index (χ1) is 14.5. The van der Waals surface area contributed by atoms with E-state index in [4.69, 9.17) is 4.74 Å². The Kier molecular flexibility index (Phi) is 5.84. The molecule has 2 aromatic rings. The summed E-state index contributed by atoms with van der Waals surface area (Å²) in [6.07, 6.45) is -7.16. The molecule has 1 heterocycles. The Morgan fingerprint density at radius 1 is 0.935 bits per heavy atom. The normalized spacial score (nSPS) is 15.5. The number of carbonyl (C=O) groups is 2. The van der Waals surface area contributed by atoms with Gasteiger partial charge in [-0.05, 0) is 53.9 Å². The van der Waals surface area contributed by atoms with Crippen molar-refractivity contribution < 1.29 is 40.7 Å². The average molecular weight is 443 g/mol. The van der Waals surface area contributed by atoms with Crippen LogP contribution < -0.4 is 9.64 Å². The zero-order valence-electron chi connectivity index (χ0n) is 15.9. The van der Waals surface area contributed by atoms with Gasteiger partial charge in [-0.2, -0.15) is 22.0 Å². The van der Waals surface area contributed by atoms with Gasteiger partial charge in [0.15, 0.2) is 6.17 Å². The van der Waals surface area contributed by atoms with Gasteiger partial charge in [-0.15, -0.1) is 0 Å². The van der Waals surface area contributed by atoms with Crippen molar-refractivity contribution in [3.63, 3.8) is 0 Å². The van der Waals surface area contributed by atoms with E-state index < -0.39 is 35.6 Å². The molecular weight excluding hydrogens is 428 g/mol. The molecule has 1 atom stereocenters. The number of imide groups is 1. The summed E-state index contributed by atoms with van der Waals surface area (Å²) < 4.78 is 83.6. The molecule has 3 rings (SSSR count). The second kappa shape index (κ2) is 8.09. The van der Waals surface area contributed by atoms with Gasteiger partial charge in [0.05, 0.1) is 5.69 Å². The number of carbonyl (C=O) groups excluding carboxylic acids is 2. The summed E-state index contributed by atoms with van der Waals surface area (Å²) in [5, 5.41) is 0. The molecule has 2 aromatic carbocycles. The quantitative estimate of drug-likeness (QED) is 0.426. The maximum atomic E-state index is 14.0. The van der Waals surface area contributed by atoms with E-state index in [1.807, 2.05) is 0 Å². The minimum Gasteiger partial charge on any atom is -0.457 e. The highest BCUT2D eigenvalue weighted by atomic mass is 19.4. The molecule has 1 unspecified atom stereocenters. The van der Waals surface area contributed by atoms with E-state index in [0.717, 1.165) is 35.3 Å². The number of halogens is 6. The van der Waals surface area contributed by atoms with Gasteiger partial charge < -0.3 is 4.74 Å². The van der Waals surface area contributed by atoms with E-state index in [0.29, 0.717) is 5.69 Å². The number of hydrogen-bond acceptors (Lipinski definition) is 3. The molecule has 0 spiro atoms. The molecule has 2 amide bonds. The molecule has 10 heteroatoms. The lowest BCUT2D eigenvalue weighted by atomic mass is 10.0. The van der Waals surface area contributed by atoms with E-state index in [1.165, 1.54) is 24.3 Å². The maximum Gasteiger partial charge on any atom is 0.456 e. The van der Waals surface area contributed by atoms with Crippen LogP contribution in [0.3, 0.4) is 0 Å². The second-order valence-electron chi connectivity index (χ2n) is 6.65. The van der Waals surface area contributed by atoms with Crippen LogP contribution in [-0.2, 0) is 16.0 Å². The molecule has 0 saturated heterocycles. The first-order valence-electron chi connectivity index (χ1n) is 9.01. The van der Waals surface area contributed by atoms with Gasteiger partial charge in [0, 0.05) is 12.2 Å². The summed E-state index contributed by atoms with van der Waals surface area (Å²) >= 11 is 0. The third-order valence-corrected chi connectivity index (χ3v) is 4.59. The third-order valence-electron chi connectivity index (χ3n) is 4.59. The molecular formula is C21H15F6NO3. The molecule has 31 heavy (non-hydrogen) atoms. The van der Waals surface area contributed by atoms with Crippen LogP contribution in [0.4, 0.5) is 32.0 Å². The lowest BCUT2D eigenvalue weighted by Gasteiger charge is -2.24. The fourth-order valence-corrected chi connectivity index (χ4v) is 2.93. The van der Waals surface area contributed by atoms with E-state index in [1.54, 1.807) is 6.92 Å². The second-order valence-corrected chi connectivity index (χ2v) is 6.65. The molecule has 0 bridgehead atoms. The summed E-state index contributed by atoms with van der Waals surface area (Å²) in [5.41, 5.74) is -0.301. The van der Waals surface area contributed by atoms with Crippen LogP contribution in [0, 0.1) is 0 Å². The van der Waals surface area contributed by atoms with Crippen molar-refractivity contribution in [1.82, 2.24) is 0 Å². The Morgan fingerprint density at radius 3 is 2.03 bits per heavy atom. The van der Waals surface area contributed by atoms with Crippen LogP contribution in [0.1, 0.15) is 24.2 Å². The number of benzene rings is 2. The standard InChI is InChI=1S/C21H15F6NO3/c1-2-12-11-13(19(22)20(23,24)21(25,26)27)3-8-16(12)31-15-6-4-14(5-7-15)28-17(29)9-10-18(28)30/h3-11,19H,2H2,1H3. The molecule has 0 fully saturated rings. The van der Waals surface area contributed by atoms with E-state index in [2.05, 4.69) is 0 Å². The van der Waals surface area contributed by atoms with Crippen LogP contribution in [0.5, 0.6) is 11.5 Å². The molecule has 0 aliphatic carbocycles. The zero-order valence-corrected chi connectivity index (χ0v) is 15.9. The highest BCUT2D eigenvalue weighted by Crippen LogP contribution is 2.47. The van der Waals surface area contributed by atoms with Crippen molar-refractivity contribution in [2.24, 2.45) is 0 Å². The van der Waals surface area contributed by atoms with E-state index >= 15 is 0 Å². The Labute approximate surface area is 172 Å². The molecule has 0 radical (unpaired) electrons. The first kappa shape index (κ1) is 22.4. The largest absolute Gasteiger partial charge is 0.457 e. The summed E-state index contributed by atoms with van der Waals surface area (Å²) in [5.74, 6) is -6.15. The van der Waals surface area contributed by atoms with Crippen LogP contribution in [-0.4, -0.2) is 23.9 Å². The van der Waals surface area contributed by atoms with Crippen LogP contribution in [0.2, 0.25) is 0 Å². The topological polar surface area (TPSA) is 46.6 Å². The minimum absolute atomic E-state index is 0.136. The number of nitrogens with zero attached hydrogens (tertiary/aromatic N) is 1. The van der Waals surface area contributed by atoms with Gasteiger partial charge in [-0.25, -0.2) is 9.29 Å². The summed E-state index contributed by atoms with van der Waals surface area (Å²) in [4.78, 5) is 24.3. The monoisotopic (exact) mass is 443 g/mol. The molecule has 1 aliphatic rings. The van der Waals surface area contributed by atoms with E-state index in [-0.39, 0.29) is 23.5 Å². The average Bonchev–Trinajstić information content (AvgIpc) is 3.05. The van der Waals surface area contributed by atoms with Crippen LogP contribution in [0.15, 0.2) is 54.6 Å². The smallest absolute Gasteiger partial charge is 0.456 e. The summed E-state index contributed by atoms with van der Waals surface area (Å²) in [7, 11) is 0. The molecule has 1 aliphatic heterocycles. The minimum atomic E-state index is -6.02. The predicted octanol–water partition coefficient (Wildman–Crippen LogP) is 5.68. The van der Waals surface area contributed by atoms with Crippen molar-refractivity contribution in [2.75, 3.05) is 4.90 Å². The van der Waals surface area contributed by atoms with Gasteiger partial charge in [0.2, 0.25) is 0 Å². The molecule has 164 valence electrons. The van der Waals surface area contributed by atoms with Gasteiger partial charge in [0.1, 0.15) is 11.5 Å². The summed E-state index contributed by atoms with van der Waals surface area (Å²) in [6.45, 7) is 1.60. The van der Waals surface area contributed by atoms with Crippen molar-refractivity contribution in [2.45, 2.75) is 31.6 Å². The lowest BCUT2D eigenvalue weighted by molar-refractivity contribution is -0.305. The molecule has 0 N–H and O–H groups in total. The lowest BCUT2D eigenvalue weighted by Crippen LogP contribution is -2.40. The highest BCUT2D eigenvalue weighted by Gasteiger charge is 2.63. The van der Waals surface area contributed by atoms with Gasteiger partial charge in [0.25, 0.3) is 11.8 Å². The Balaban J connectivity index is 1.81. The third kappa shape index (κ3) is 4.28. The number of ether oxygens (including phenoxy) is 1. The molecule has 4 nitrogen and oxygen atoms in total. The Hall–Kier alpha value is -3.30. The SMILES string of the molecule is CCc1cc(C(F)C(F)(F)C(F)(F)F)ccc1Oc1ccc(N2C(=O)C=CC2=O)cc1. The fourth-order valence-electron chi connectivity index (χ4n) is 2.93. The van der Waals surface area contributed by atoms with Crippen LogP contribution >= 0.6 is 0 Å². The molecule has 0 aromatic heterocycles. The zero-order chi connectivity index (χ0) is 23.0. The number of hydrogen-bond donors (Lipinski definition) is 0. The van der Waals surface area contributed by atoms with Crippen molar-refractivity contribution in [3.8, 4) is 11.5 Å². The number of anilines is 1. The van der Waals surface area contributed by atoms with Crippen molar-refractivity contribution in [3.05, 3.63) is 65.7 Å². The maximum absolute atomic E-state index is 14.0. The Bertz CT molecular complexity index is 1010. The van der Waals surface area contributed by atoms with Crippen molar-refractivity contribution >= 4 is 17.5 Å². The Morgan fingerprint density at radius 2 is 1.52 bits per heavy atom.